The van der Waals surface area contributed by atoms with Crippen LogP contribution in [0.1, 0.15) is 11.3 Å². The first kappa shape index (κ1) is 14.7. The van der Waals surface area contributed by atoms with Gasteiger partial charge in [-0.05, 0) is 18.2 Å². The summed E-state index contributed by atoms with van der Waals surface area (Å²) in [4.78, 5) is 4.29. The van der Waals surface area contributed by atoms with Crippen LogP contribution in [0.2, 0.25) is 0 Å². The highest BCUT2D eigenvalue weighted by atomic mass is 32.2. The molecule has 0 aliphatic heterocycles. The molecule has 0 radical (unpaired) electrons. The normalized spacial score (nSPS) is 10.6. The van der Waals surface area contributed by atoms with Crippen LogP contribution < -0.4 is 9.47 Å². The minimum Gasteiger partial charge on any atom is -0.497 e. The summed E-state index contributed by atoms with van der Waals surface area (Å²) in [7, 11) is 5.19. The summed E-state index contributed by atoms with van der Waals surface area (Å²) in [6.45, 7) is -0.00740. The Balaban J connectivity index is 2.15. The van der Waals surface area contributed by atoms with E-state index in [0.717, 1.165) is 33.7 Å². The molecule has 0 bridgehead atoms. The van der Waals surface area contributed by atoms with E-state index >= 15 is 0 Å². The van der Waals surface area contributed by atoms with Gasteiger partial charge in [-0.2, -0.15) is 0 Å². The third kappa shape index (κ3) is 3.08. The number of methoxy groups -OCH3 is 2. The van der Waals surface area contributed by atoms with Crippen LogP contribution in [-0.4, -0.2) is 28.9 Å². The summed E-state index contributed by atoms with van der Waals surface area (Å²) in [5.41, 5.74) is 1.84. The Kier molecular flexibility index (Phi) is 4.92. The molecule has 2 aromatic rings. The summed E-state index contributed by atoms with van der Waals surface area (Å²) in [5.74, 6) is 2.35. The Bertz CT molecular complexity index is 584. The fraction of sp³-hybridized carbons (Fsp3) is 0.357. The third-order valence-corrected chi connectivity index (χ3v) is 4.14. The zero-order chi connectivity index (χ0) is 14.5. The lowest BCUT2D eigenvalue weighted by Crippen LogP contribution is -1.98. The van der Waals surface area contributed by atoms with Gasteiger partial charge in [-0.25, -0.2) is 4.98 Å². The van der Waals surface area contributed by atoms with Crippen molar-refractivity contribution in [3.63, 3.8) is 0 Å². The number of benzene rings is 1. The number of ether oxygens (including phenoxy) is 2. The third-order valence-electron chi connectivity index (χ3n) is 3.05. The van der Waals surface area contributed by atoms with Crippen molar-refractivity contribution in [2.45, 2.75) is 17.5 Å². The predicted molar refractivity (Wildman–Crippen MR) is 78.2 cm³/mol. The van der Waals surface area contributed by atoms with Gasteiger partial charge in [0, 0.05) is 18.4 Å². The molecule has 108 valence electrons. The number of hydrogen-bond acceptors (Lipinski definition) is 5. The van der Waals surface area contributed by atoms with Crippen LogP contribution >= 0.6 is 11.8 Å². The molecule has 0 unspecified atom stereocenters. The van der Waals surface area contributed by atoms with E-state index in [1.54, 1.807) is 32.2 Å². The quantitative estimate of drug-likeness (QED) is 0.828. The number of aromatic nitrogens is 2. The number of thioether (sulfide) groups is 1. The molecule has 1 aromatic heterocycles. The highest BCUT2D eigenvalue weighted by Gasteiger charge is 2.10. The second kappa shape index (κ2) is 6.67. The lowest BCUT2D eigenvalue weighted by molar-refractivity contribution is 0.271. The van der Waals surface area contributed by atoms with Gasteiger partial charge in [0.1, 0.15) is 11.5 Å². The minimum atomic E-state index is -0.00740. The van der Waals surface area contributed by atoms with Gasteiger partial charge in [0.25, 0.3) is 0 Å². The van der Waals surface area contributed by atoms with Gasteiger partial charge >= 0.3 is 0 Å². The van der Waals surface area contributed by atoms with E-state index in [2.05, 4.69) is 4.98 Å². The fourth-order valence-electron chi connectivity index (χ4n) is 1.84. The van der Waals surface area contributed by atoms with Crippen molar-refractivity contribution in [2.24, 2.45) is 7.05 Å². The highest BCUT2D eigenvalue weighted by Crippen LogP contribution is 2.30. The number of aliphatic hydroxyl groups excluding tert-OH is 1. The molecule has 0 spiro atoms. The highest BCUT2D eigenvalue weighted by molar-refractivity contribution is 7.98. The van der Waals surface area contributed by atoms with Gasteiger partial charge in [-0.3, -0.25) is 0 Å². The first-order chi connectivity index (χ1) is 9.69. The Morgan fingerprint density at radius 2 is 2.10 bits per heavy atom. The number of nitrogens with zero attached hydrogens (tertiary/aromatic N) is 2. The maximum atomic E-state index is 9.16. The Hall–Kier alpha value is -1.66. The van der Waals surface area contributed by atoms with Crippen LogP contribution in [0.5, 0.6) is 11.5 Å². The van der Waals surface area contributed by atoms with Crippen LogP contribution in [-0.2, 0) is 19.4 Å². The molecule has 1 heterocycles. The first-order valence-electron chi connectivity index (χ1n) is 6.14. The monoisotopic (exact) mass is 294 g/mol. The molecular formula is C14H18N2O3S. The minimum absolute atomic E-state index is 0.00740. The van der Waals surface area contributed by atoms with Crippen molar-refractivity contribution < 1.29 is 14.6 Å². The van der Waals surface area contributed by atoms with Crippen LogP contribution in [0.15, 0.2) is 29.6 Å². The molecule has 0 amide bonds. The Morgan fingerprint density at radius 3 is 2.70 bits per heavy atom. The molecule has 0 aliphatic carbocycles. The van der Waals surface area contributed by atoms with E-state index in [1.807, 2.05) is 29.8 Å². The van der Waals surface area contributed by atoms with E-state index in [4.69, 9.17) is 14.6 Å². The van der Waals surface area contributed by atoms with Crippen LogP contribution in [0, 0.1) is 0 Å². The molecule has 0 saturated carbocycles. The van der Waals surface area contributed by atoms with E-state index in [1.165, 1.54) is 0 Å². The first-order valence-corrected chi connectivity index (χ1v) is 7.13. The summed E-state index contributed by atoms with van der Waals surface area (Å²) in [5, 5.41) is 10.0. The van der Waals surface area contributed by atoms with Crippen molar-refractivity contribution in [1.82, 2.24) is 9.55 Å². The van der Waals surface area contributed by atoms with Crippen molar-refractivity contribution >= 4 is 11.8 Å². The molecule has 0 saturated heterocycles. The average Bonchev–Trinajstić information content (AvgIpc) is 2.85. The van der Waals surface area contributed by atoms with E-state index < -0.39 is 0 Å². The average molecular weight is 294 g/mol. The number of hydrogen-bond donors (Lipinski definition) is 1. The van der Waals surface area contributed by atoms with Crippen molar-refractivity contribution in [3.8, 4) is 11.5 Å². The molecule has 20 heavy (non-hydrogen) atoms. The Labute approximate surface area is 122 Å². The van der Waals surface area contributed by atoms with Crippen LogP contribution in [0.4, 0.5) is 0 Å². The lowest BCUT2D eigenvalue weighted by atomic mass is 10.2. The second-order valence-electron chi connectivity index (χ2n) is 4.22. The molecule has 0 aliphatic rings. The molecule has 1 aromatic carbocycles. The molecule has 0 atom stereocenters. The van der Waals surface area contributed by atoms with Gasteiger partial charge in [0.05, 0.1) is 32.7 Å². The smallest absolute Gasteiger partial charge is 0.168 e. The van der Waals surface area contributed by atoms with Crippen molar-refractivity contribution in [1.29, 1.82) is 0 Å². The maximum absolute atomic E-state index is 9.16. The fourth-order valence-corrected chi connectivity index (χ4v) is 2.79. The summed E-state index contributed by atoms with van der Waals surface area (Å²) in [6, 6.07) is 5.73. The summed E-state index contributed by atoms with van der Waals surface area (Å²) >= 11 is 1.59. The molecule has 5 nitrogen and oxygen atoms in total. The van der Waals surface area contributed by atoms with E-state index in [9.17, 15) is 0 Å². The SMILES string of the molecule is COc1ccc(OC)c(CSc2ncc(CO)n2C)c1. The van der Waals surface area contributed by atoms with Gasteiger partial charge in [0.15, 0.2) is 5.16 Å². The predicted octanol–water partition coefficient (Wildman–Crippen LogP) is 2.22. The molecular weight excluding hydrogens is 276 g/mol. The van der Waals surface area contributed by atoms with Gasteiger partial charge in [-0.15, -0.1) is 0 Å². The zero-order valence-electron chi connectivity index (χ0n) is 11.8. The van der Waals surface area contributed by atoms with Gasteiger partial charge < -0.3 is 19.1 Å². The Morgan fingerprint density at radius 1 is 1.30 bits per heavy atom. The van der Waals surface area contributed by atoms with E-state index in [-0.39, 0.29) is 6.61 Å². The number of imidazole rings is 1. The summed E-state index contributed by atoms with van der Waals surface area (Å²) < 4.78 is 12.5. The van der Waals surface area contributed by atoms with Crippen LogP contribution in [0.3, 0.4) is 0 Å². The topological polar surface area (TPSA) is 56.5 Å². The largest absolute Gasteiger partial charge is 0.497 e. The maximum Gasteiger partial charge on any atom is 0.168 e. The summed E-state index contributed by atoms with van der Waals surface area (Å²) in [6.07, 6.45) is 1.69. The second-order valence-corrected chi connectivity index (χ2v) is 5.16. The van der Waals surface area contributed by atoms with Gasteiger partial charge in [0.2, 0.25) is 0 Å². The molecule has 0 fully saturated rings. The molecule has 1 N–H and O–H groups in total. The number of aliphatic hydroxyl groups is 1. The molecule has 6 heteroatoms. The van der Waals surface area contributed by atoms with E-state index in [0.29, 0.717) is 0 Å². The van der Waals surface area contributed by atoms with Crippen LogP contribution in [0.25, 0.3) is 0 Å². The van der Waals surface area contributed by atoms with Gasteiger partial charge in [-0.1, -0.05) is 11.8 Å². The zero-order valence-corrected chi connectivity index (χ0v) is 12.6. The standard InChI is InChI=1S/C14H18N2O3S/c1-16-11(8-17)7-15-14(16)20-9-10-6-12(18-2)4-5-13(10)19-3/h4-7,17H,8-9H2,1-3H3. The van der Waals surface area contributed by atoms with Crippen molar-refractivity contribution in [2.75, 3.05) is 14.2 Å². The van der Waals surface area contributed by atoms with Crippen molar-refractivity contribution in [3.05, 3.63) is 35.7 Å². The number of rotatable bonds is 6. The lowest BCUT2D eigenvalue weighted by Gasteiger charge is -2.10. The molecule has 2 rings (SSSR count).